The van der Waals surface area contributed by atoms with E-state index in [1.807, 2.05) is 36.4 Å². The Kier molecular flexibility index (Phi) is 8.01. The van der Waals surface area contributed by atoms with Gasteiger partial charge in [-0.1, -0.05) is 164 Å². The third kappa shape index (κ3) is 5.40. The first-order valence-corrected chi connectivity index (χ1v) is 17.2. The van der Waals surface area contributed by atoms with Crippen LogP contribution in [0.25, 0.3) is 43.9 Å². The first kappa shape index (κ1) is 29.2. The molecule has 7 aromatic rings. The van der Waals surface area contributed by atoms with E-state index in [0.717, 1.165) is 5.56 Å². The fourth-order valence-electron chi connectivity index (χ4n) is 6.20. The van der Waals surface area contributed by atoms with E-state index in [-0.39, 0.29) is 0 Å². The zero-order valence-corrected chi connectivity index (χ0v) is 26.3. The SMILES string of the molecule is [C-]#[N+]c1ccccc1-c1nc(-c2ccc([Si](c3ccccc3)(c3ccccc3)c3ccccc3)cc2)nc(-c2ccccc2[N+]#[C-])n1. The van der Waals surface area contributed by atoms with Crippen LogP contribution in [0.1, 0.15) is 0 Å². The van der Waals surface area contributed by atoms with Crippen LogP contribution in [0.4, 0.5) is 11.4 Å². The van der Waals surface area contributed by atoms with Crippen molar-refractivity contribution < 1.29 is 0 Å². The van der Waals surface area contributed by atoms with E-state index in [4.69, 9.17) is 28.1 Å². The van der Waals surface area contributed by atoms with Gasteiger partial charge < -0.3 is 0 Å². The van der Waals surface area contributed by atoms with Crippen molar-refractivity contribution in [3.8, 4) is 34.2 Å². The van der Waals surface area contributed by atoms with Crippen molar-refractivity contribution in [2.75, 3.05) is 0 Å². The molecule has 0 saturated heterocycles. The summed E-state index contributed by atoms with van der Waals surface area (Å²) >= 11 is 0. The van der Waals surface area contributed by atoms with Crippen molar-refractivity contribution in [2.24, 2.45) is 0 Å². The lowest BCUT2D eigenvalue weighted by Gasteiger charge is -2.34. The number of para-hydroxylation sites is 2. The Morgan fingerprint density at radius 3 is 1.11 bits per heavy atom. The Morgan fingerprint density at radius 2 is 0.702 bits per heavy atom. The van der Waals surface area contributed by atoms with Crippen LogP contribution in [0.2, 0.25) is 0 Å². The largest absolute Gasteiger partial charge is 0.237 e. The lowest BCUT2D eigenvalue weighted by atomic mass is 10.1. The zero-order chi connectivity index (χ0) is 32.1. The van der Waals surface area contributed by atoms with Crippen molar-refractivity contribution in [3.63, 3.8) is 0 Å². The predicted octanol–water partition coefficient (Wildman–Crippen LogP) is 7.35. The minimum atomic E-state index is -2.70. The molecule has 0 atom stereocenters. The van der Waals surface area contributed by atoms with Gasteiger partial charge in [0, 0.05) is 16.7 Å². The molecule has 47 heavy (non-hydrogen) atoms. The van der Waals surface area contributed by atoms with Crippen LogP contribution in [0.3, 0.4) is 0 Å². The van der Waals surface area contributed by atoms with Gasteiger partial charge in [0.2, 0.25) is 0 Å². The molecule has 0 aliphatic carbocycles. The van der Waals surface area contributed by atoms with Crippen LogP contribution in [0.5, 0.6) is 0 Å². The number of benzene rings is 6. The average molecular weight is 618 g/mol. The first-order valence-electron chi connectivity index (χ1n) is 15.2. The second-order valence-electron chi connectivity index (χ2n) is 11.0. The minimum absolute atomic E-state index is 0.391. The highest BCUT2D eigenvalue weighted by molar-refractivity contribution is 7.19. The Labute approximate surface area is 275 Å². The average Bonchev–Trinajstić information content (AvgIpc) is 3.16. The van der Waals surface area contributed by atoms with Gasteiger partial charge in [0.15, 0.2) is 36.9 Å². The molecule has 6 aromatic carbocycles. The lowest BCUT2D eigenvalue weighted by Crippen LogP contribution is -2.74. The standard InChI is InChI=1S/C41H27N5Si/c1-42-37-24-14-12-22-35(37)40-44-39(45-41(46-40)36-23-13-15-25-38(36)43-2)30-26-28-34(29-27-30)47(31-16-6-3-7-17-31,32-18-8-4-9-19-32)33-20-10-5-11-21-33/h3-29H. The maximum atomic E-state index is 7.75. The van der Waals surface area contributed by atoms with E-state index in [1.54, 1.807) is 12.1 Å². The van der Waals surface area contributed by atoms with Gasteiger partial charge in [0.05, 0.1) is 13.1 Å². The Bertz CT molecular complexity index is 2080. The van der Waals surface area contributed by atoms with Gasteiger partial charge in [-0.05, 0) is 20.7 Å². The van der Waals surface area contributed by atoms with Crippen LogP contribution in [-0.2, 0) is 0 Å². The second-order valence-corrected chi connectivity index (χ2v) is 14.8. The van der Waals surface area contributed by atoms with Gasteiger partial charge >= 0.3 is 0 Å². The topological polar surface area (TPSA) is 47.4 Å². The summed E-state index contributed by atoms with van der Waals surface area (Å²) in [7, 11) is -2.70. The van der Waals surface area contributed by atoms with Crippen molar-refractivity contribution >= 4 is 40.2 Å². The molecule has 0 aliphatic rings. The predicted molar refractivity (Wildman–Crippen MR) is 192 cm³/mol. The maximum Gasteiger partial charge on any atom is 0.198 e. The zero-order valence-electron chi connectivity index (χ0n) is 25.3. The third-order valence-corrected chi connectivity index (χ3v) is 13.2. The van der Waals surface area contributed by atoms with E-state index >= 15 is 0 Å². The highest BCUT2D eigenvalue weighted by Crippen LogP contribution is 2.33. The van der Waals surface area contributed by atoms with E-state index in [9.17, 15) is 0 Å². The fraction of sp³-hybridized carbons (Fsp3) is 0. The minimum Gasteiger partial charge on any atom is -0.237 e. The summed E-state index contributed by atoms with van der Waals surface area (Å²) in [6.07, 6.45) is 0. The van der Waals surface area contributed by atoms with Gasteiger partial charge in [-0.2, -0.15) is 0 Å². The van der Waals surface area contributed by atoms with Crippen LogP contribution < -0.4 is 20.7 Å². The summed E-state index contributed by atoms with van der Waals surface area (Å²) in [6, 6.07) is 55.6. The van der Waals surface area contributed by atoms with Crippen LogP contribution in [0, 0.1) is 13.1 Å². The van der Waals surface area contributed by atoms with Crippen molar-refractivity contribution in [1.82, 2.24) is 15.0 Å². The highest BCUT2D eigenvalue weighted by atomic mass is 28.3. The summed E-state index contributed by atoms with van der Waals surface area (Å²) in [4.78, 5) is 22.0. The molecule has 0 radical (unpaired) electrons. The molecule has 0 saturated carbocycles. The quantitative estimate of drug-likeness (QED) is 0.107. The Morgan fingerprint density at radius 1 is 0.362 bits per heavy atom. The van der Waals surface area contributed by atoms with Crippen molar-refractivity contribution in [1.29, 1.82) is 0 Å². The molecule has 0 fully saturated rings. The van der Waals surface area contributed by atoms with Gasteiger partial charge in [-0.25, -0.2) is 24.6 Å². The van der Waals surface area contributed by atoms with Gasteiger partial charge in [-0.15, -0.1) is 0 Å². The third-order valence-electron chi connectivity index (χ3n) is 8.36. The van der Waals surface area contributed by atoms with Crippen molar-refractivity contribution in [2.45, 2.75) is 0 Å². The Balaban J connectivity index is 1.44. The van der Waals surface area contributed by atoms with E-state index in [1.165, 1.54) is 20.7 Å². The van der Waals surface area contributed by atoms with Crippen LogP contribution >= 0.6 is 0 Å². The van der Waals surface area contributed by atoms with Gasteiger partial charge in [0.25, 0.3) is 0 Å². The van der Waals surface area contributed by atoms with E-state index < -0.39 is 8.07 Å². The smallest absolute Gasteiger partial charge is 0.198 e. The molecule has 0 amide bonds. The molecule has 6 heteroatoms. The van der Waals surface area contributed by atoms with Crippen molar-refractivity contribution in [3.05, 3.63) is 187 Å². The summed E-state index contributed by atoms with van der Waals surface area (Å²) in [6.45, 7) is 15.5. The summed E-state index contributed by atoms with van der Waals surface area (Å²) in [5.74, 6) is 1.26. The molecular formula is C41H27N5Si. The van der Waals surface area contributed by atoms with E-state index in [0.29, 0.717) is 40.0 Å². The number of hydrogen-bond acceptors (Lipinski definition) is 3. The number of aromatic nitrogens is 3. The molecule has 0 N–H and O–H groups in total. The number of rotatable bonds is 7. The van der Waals surface area contributed by atoms with Crippen LogP contribution in [0.15, 0.2) is 164 Å². The van der Waals surface area contributed by atoms with E-state index in [2.05, 4.69) is 125 Å². The molecule has 7 rings (SSSR count). The molecule has 220 valence electrons. The molecule has 0 bridgehead atoms. The monoisotopic (exact) mass is 617 g/mol. The molecule has 1 aromatic heterocycles. The second kappa shape index (κ2) is 12.9. The highest BCUT2D eigenvalue weighted by Gasteiger charge is 2.41. The number of hydrogen-bond donors (Lipinski definition) is 0. The molecule has 0 unspecified atom stereocenters. The van der Waals surface area contributed by atoms with Gasteiger partial charge in [0.1, 0.15) is 0 Å². The van der Waals surface area contributed by atoms with Gasteiger partial charge in [-0.3, -0.25) is 0 Å². The Hall–Kier alpha value is -6.47. The molecule has 1 heterocycles. The number of nitrogens with zero attached hydrogens (tertiary/aromatic N) is 5. The van der Waals surface area contributed by atoms with Crippen LogP contribution in [-0.4, -0.2) is 23.0 Å². The maximum absolute atomic E-state index is 7.75. The summed E-state index contributed by atoms with van der Waals surface area (Å²) < 4.78 is 0. The summed E-state index contributed by atoms with van der Waals surface area (Å²) in [5.41, 5.74) is 2.96. The molecule has 5 nitrogen and oxygen atoms in total. The lowest BCUT2D eigenvalue weighted by molar-refractivity contribution is 1.08. The molecule has 0 spiro atoms. The normalized spacial score (nSPS) is 10.9. The summed E-state index contributed by atoms with van der Waals surface area (Å²) in [5, 5.41) is 5.11. The molecular weight excluding hydrogens is 591 g/mol. The molecule has 0 aliphatic heterocycles. The first-order chi connectivity index (χ1) is 23.2. The fourth-order valence-corrected chi connectivity index (χ4v) is 10.9.